The molecule has 1 atom stereocenters. The summed E-state index contributed by atoms with van der Waals surface area (Å²) in [6, 6.07) is 7.92. The summed E-state index contributed by atoms with van der Waals surface area (Å²) in [5.74, 6) is -1.75. The van der Waals surface area contributed by atoms with Crippen LogP contribution < -0.4 is 5.32 Å². The Kier molecular flexibility index (Phi) is 7.23. The molecular formula is C19H18BrF2NO2S. The van der Waals surface area contributed by atoms with E-state index in [0.717, 1.165) is 12.5 Å². The van der Waals surface area contributed by atoms with Gasteiger partial charge < -0.3 is 10.1 Å². The van der Waals surface area contributed by atoms with Gasteiger partial charge in [-0.25, -0.2) is 8.78 Å². The number of ether oxygens (including phenoxy) is 1. The number of carbonyl (C=O) groups is 1. The zero-order chi connectivity index (χ0) is 19.3. The largest absolute Gasteiger partial charge is 0.484 e. The van der Waals surface area contributed by atoms with Gasteiger partial charge in [-0.3, -0.25) is 4.79 Å². The predicted molar refractivity (Wildman–Crippen MR) is 106 cm³/mol. The molecule has 26 heavy (non-hydrogen) atoms. The maximum absolute atomic E-state index is 14.2. The first-order valence-electron chi connectivity index (χ1n) is 8.04. The lowest BCUT2D eigenvalue weighted by molar-refractivity contribution is 0.102. The van der Waals surface area contributed by atoms with Crippen molar-refractivity contribution < 1.29 is 18.3 Å². The van der Waals surface area contributed by atoms with Crippen molar-refractivity contribution >= 4 is 44.8 Å². The van der Waals surface area contributed by atoms with Gasteiger partial charge in [0, 0.05) is 16.5 Å². The minimum Gasteiger partial charge on any atom is -0.484 e. The zero-order valence-corrected chi connectivity index (χ0v) is 16.7. The molecule has 0 spiro atoms. The standard InChI is InChI=1S/C19H18BrF2NO2S/c1-3-11(2)25-18(26)9-13-8-17(16(22)10-15(13)20)23-19(24)12-5-4-6-14(21)7-12/h4-8,10-11H,3,9H2,1-2H3,(H,23,24). The van der Waals surface area contributed by atoms with Gasteiger partial charge in [0.1, 0.15) is 11.6 Å². The van der Waals surface area contributed by atoms with Gasteiger partial charge in [0.05, 0.1) is 11.8 Å². The summed E-state index contributed by atoms with van der Waals surface area (Å²) >= 11 is 8.52. The quantitative estimate of drug-likeness (QED) is 0.587. The molecule has 2 aromatic rings. The summed E-state index contributed by atoms with van der Waals surface area (Å²) in [4.78, 5) is 12.2. The Labute approximate surface area is 164 Å². The molecule has 1 unspecified atom stereocenters. The van der Waals surface area contributed by atoms with E-state index in [-0.39, 0.29) is 17.4 Å². The van der Waals surface area contributed by atoms with Crippen LogP contribution in [0.25, 0.3) is 0 Å². The summed E-state index contributed by atoms with van der Waals surface area (Å²) in [5, 5.41) is 2.84. The van der Waals surface area contributed by atoms with Crippen LogP contribution in [0.3, 0.4) is 0 Å². The first kappa shape index (κ1) is 20.5. The Morgan fingerprint density at radius 1 is 1.31 bits per heavy atom. The number of anilines is 1. The van der Waals surface area contributed by atoms with E-state index in [9.17, 15) is 13.6 Å². The molecule has 0 saturated carbocycles. The molecule has 0 bridgehead atoms. The number of hydrogen-bond donors (Lipinski definition) is 1. The highest BCUT2D eigenvalue weighted by molar-refractivity contribution is 9.10. The minimum absolute atomic E-state index is 0.00567. The van der Waals surface area contributed by atoms with E-state index in [4.69, 9.17) is 17.0 Å². The van der Waals surface area contributed by atoms with Crippen LogP contribution >= 0.6 is 28.1 Å². The molecule has 0 heterocycles. The van der Waals surface area contributed by atoms with Gasteiger partial charge >= 0.3 is 0 Å². The van der Waals surface area contributed by atoms with Crippen molar-refractivity contribution in [1.29, 1.82) is 0 Å². The number of amides is 1. The summed E-state index contributed by atoms with van der Waals surface area (Å²) in [7, 11) is 0. The summed E-state index contributed by atoms with van der Waals surface area (Å²) in [6.07, 6.45) is 1.11. The molecule has 138 valence electrons. The van der Waals surface area contributed by atoms with E-state index in [1.807, 2.05) is 13.8 Å². The third kappa shape index (κ3) is 5.57. The average Bonchev–Trinajstić information content (AvgIpc) is 2.58. The molecule has 3 nitrogen and oxygen atoms in total. The van der Waals surface area contributed by atoms with Crippen LogP contribution in [-0.4, -0.2) is 17.1 Å². The fourth-order valence-electron chi connectivity index (χ4n) is 2.15. The lowest BCUT2D eigenvalue weighted by Crippen LogP contribution is -2.16. The van der Waals surface area contributed by atoms with Crippen molar-refractivity contribution in [3.63, 3.8) is 0 Å². The first-order chi connectivity index (χ1) is 12.3. The van der Waals surface area contributed by atoms with Crippen LogP contribution in [0.2, 0.25) is 0 Å². The van der Waals surface area contributed by atoms with Crippen molar-refractivity contribution in [3.8, 4) is 0 Å². The molecule has 7 heteroatoms. The molecule has 2 rings (SSSR count). The smallest absolute Gasteiger partial charge is 0.255 e. The van der Waals surface area contributed by atoms with Gasteiger partial charge in [0.15, 0.2) is 5.05 Å². The molecule has 1 amide bonds. The Balaban J connectivity index is 2.19. The maximum Gasteiger partial charge on any atom is 0.255 e. The second-order valence-corrected chi connectivity index (χ2v) is 7.08. The Morgan fingerprint density at radius 2 is 2.04 bits per heavy atom. The number of hydrogen-bond acceptors (Lipinski definition) is 3. The molecule has 0 fully saturated rings. The van der Waals surface area contributed by atoms with Crippen LogP contribution in [0, 0.1) is 11.6 Å². The van der Waals surface area contributed by atoms with Crippen molar-refractivity contribution in [2.45, 2.75) is 32.8 Å². The summed E-state index contributed by atoms with van der Waals surface area (Å²) in [5.41, 5.74) is 0.766. The van der Waals surface area contributed by atoms with E-state index in [1.54, 1.807) is 0 Å². The molecule has 0 aliphatic heterocycles. The molecule has 1 N–H and O–H groups in total. The van der Waals surface area contributed by atoms with Gasteiger partial charge in [0.2, 0.25) is 0 Å². The topological polar surface area (TPSA) is 38.3 Å². The van der Waals surface area contributed by atoms with Crippen LogP contribution in [-0.2, 0) is 11.2 Å². The van der Waals surface area contributed by atoms with Gasteiger partial charge in [-0.15, -0.1) is 0 Å². The minimum atomic E-state index is -0.612. The highest BCUT2D eigenvalue weighted by Gasteiger charge is 2.15. The SMILES string of the molecule is CCC(C)OC(=S)Cc1cc(NC(=O)c2cccc(F)c2)c(F)cc1Br. The third-order valence-electron chi connectivity index (χ3n) is 3.71. The van der Waals surface area contributed by atoms with Crippen molar-refractivity contribution in [2.24, 2.45) is 0 Å². The molecule has 2 aromatic carbocycles. The average molecular weight is 442 g/mol. The number of halogens is 3. The van der Waals surface area contributed by atoms with Crippen LogP contribution in [0.4, 0.5) is 14.5 Å². The molecule has 0 saturated heterocycles. The van der Waals surface area contributed by atoms with E-state index in [2.05, 4.69) is 21.2 Å². The van der Waals surface area contributed by atoms with Crippen molar-refractivity contribution in [1.82, 2.24) is 0 Å². The number of thiocarbonyl (C=S) groups is 1. The zero-order valence-electron chi connectivity index (χ0n) is 14.3. The van der Waals surface area contributed by atoms with Crippen LogP contribution in [0.1, 0.15) is 36.2 Å². The molecule has 0 aliphatic carbocycles. The number of nitrogens with one attached hydrogen (secondary N) is 1. The van der Waals surface area contributed by atoms with Crippen molar-refractivity contribution in [3.05, 3.63) is 63.6 Å². The second kappa shape index (κ2) is 9.19. The summed E-state index contributed by atoms with van der Waals surface area (Å²) < 4.78 is 33.6. The highest BCUT2D eigenvalue weighted by Crippen LogP contribution is 2.26. The van der Waals surface area contributed by atoms with Gasteiger partial charge in [-0.1, -0.05) is 28.9 Å². The highest BCUT2D eigenvalue weighted by atomic mass is 79.9. The predicted octanol–water partition coefficient (Wildman–Crippen LogP) is 5.66. The lowest BCUT2D eigenvalue weighted by Gasteiger charge is -2.15. The number of carbonyl (C=O) groups excluding carboxylic acids is 1. The fraction of sp³-hybridized carbons (Fsp3) is 0.263. The van der Waals surface area contributed by atoms with E-state index in [0.29, 0.717) is 21.5 Å². The van der Waals surface area contributed by atoms with Crippen LogP contribution in [0.15, 0.2) is 40.9 Å². The van der Waals surface area contributed by atoms with Gasteiger partial charge in [0.25, 0.3) is 5.91 Å². The second-order valence-electron chi connectivity index (χ2n) is 5.77. The lowest BCUT2D eigenvalue weighted by atomic mass is 10.1. The number of rotatable bonds is 6. The van der Waals surface area contributed by atoms with E-state index < -0.39 is 17.5 Å². The Morgan fingerprint density at radius 3 is 2.69 bits per heavy atom. The summed E-state index contributed by atoms with van der Waals surface area (Å²) in [6.45, 7) is 3.90. The van der Waals surface area contributed by atoms with Gasteiger partial charge in [-0.05, 0) is 61.5 Å². The van der Waals surface area contributed by atoms with E-state index in [1.165, 1.54) is 30.3 Å². The Hall–Kier alpha value is -1.86. The third-order valence-corrected chi connectivity index (χ3v) is 4.69. The molecule has 0 radical (unpaired) electrons. The normalized spacial score (nSPS) is 11.7. The van der Waals surface area contributed by atoms with E-state index >= 15 is 0 Å². The molecule has 0 aliphatic rings. The monoisotopic (exact) mass is 441 g/mol. The molecular weight excluding hydrogens is 424 g/mol. The van der Waals surface area contributed by atoms with Gasteiger partial charge in [-0.2, -0.15) is 0 Å². The van der Waals surface area contributed by atoms with Crippen molar-refractivity contribution in [2.75, 3.05) is 5.32 Å². The van der Waals surface area contributed by atoms with Crippen LogP contribution in [0.5, 0.6) is 0 Å². The molecule has 0 aromatic heterocycles. The Bertz CT molecular complexity index is 829. The number of benzene rings is 2. The maximum atomic E-state index is 14.2. The first-order valence-corrected chi connectivity index (χ1v) is 9.24. The fourth-order valence-corrected chi connectivity index (χ4v) is 2.93.